The highest BCUT2D eigenvalue weighted by Gasteiger charge is 2.31. The first kappa shape index (κ1) is 13.6. The Kier molecular flexibility index (Phi) is 3.62. The first-order chi connectivity index (χ1) is 8.92. The molecule has 2 aromatic carbocycles. The van der Waals surface area contributed by atoms with Crippen LogP contribution in [0, 0.1) is 17.5 Å². The van der Waals surface area contributed by atoms with Crippen LogP contribution in [0.3, 0.4) is 0 Å². The predicted octanol–water partition coefficient (Wildman–Crippen LogP) is 3.55. The molecule has 0 saturated carbocycles. The molecule has 100 valence electrons. The third-order valence-electron chi connectivity index (χ3n) is 2.99. The highest BCUT2D eigenvalue weighted by atomic mass is 19.1. The largest absolute Gasteiger partial charge is 0.385 e. The van der Waals surface area contributed by atoms with Crippen molar-refractivity contribution < 1.29 is 18.3 Å². The Balaban J connectivity index is 2.41. The van der Waals surface area contributed by atoms with Gasteiger partial charge in [0.15, 0.2) is 0 Å². The lowest BCUT2D eigenvalue weighted by Crippen LogP contribution is -2.27. The summed E-state index contributed by atoms with van der Waals surface area (Å²) >= 11 is 0. The second kappa shape index (κ2) is 5.05. The smallest absolute Gasteiger partial charge is 0.132 e. The maximum atomic E-state index is 13.7. The van der Waals surface area contributed by atoms with Gasteiger partial charge >= 0.3 is 0 Å². The summed E-state index contributed by atoms with van der Waals surface area (Å²) in [5.74, 6) is -2.21. The minimum absolute atomic E-state index is 0.204. The molecule has 0 aliphatic carbocycles. The molecule has 4 heteroatoms. The van der Waals surface area contributed by atoms with Gasteiger partial charge in [-0.2, -0.15) is 0 Å². The third-order valence-corrected chi connectivity index (χ3v) is 2.99. The van der Waals surface area contributed by atoms with E-state index >= 15 is 0 Å². The van der Waals surface area contributed by atoms with E-state index in [9.17, 15) is 18.3 Å². The second-order valence-corrected chi connectivity index (χ2v) is 4.64. The van der Waals surface area contributed by atoms with Gasteiger partial charge in [0.1, 0.15) is 17.5 Å². The van der Waals surface area contributed by atoms with Crippen LogP contribution in [0.2, 0.25) is 0 Å². The van der Waals surface area contributed by atoms with Crippen molar-refractivity contribution in [3.8, 4) is 0 Å². The van der Waals surface area contributed by atoms with Crippen molar-refractivity contribution in [2.45, 2.75) is 18.9 Å². The van der Waals surface area contributed by atoms with Crippen molar-refractivity contribution in [1.82, 2.24) is 0 Å². The summed E-state index contributed by atoms with van der Waals surface area (Å²) in [5.41, 5.74) is -2.06. The van der Waals surface area contributed by atoms with Crippen LogP contribution in [0.4, 0.5) is 13.2 Å². The molecule has 1 N–H and O–H groups in total. The van der Waals surface area contributed by atoms with Crippen LogP contribution >= 0.6 is 0 Å². The molecule has 19 heavy (non-hydrogen) atoms. The molecular formula is C15H13F3O. The summed E-state index contributed by atoms with van der Waals surface area (Å²) in [6.45, 7) is 1.26. The molecule has 0 radical (unpaired) electrons. The average Bonchev–Trinajstić information content (AvgIpc) is 2.31. The summed E-state index contributed by atoms with van der Waals surface area (Å²) in [6, 6.07) is 9.17. The van der Waals surface area contributed by atoms with Crippen molar-refractivity contribution in [3.05, 3.63) is 71.0 Å². The molecule has 1 nitrogen and oxygen atoms in total. The number of halogens is 3. The average molecular weight is 266 g/mol. The Bertz CT molecular complexity index is 573. The number of hydrogen-bond donors (Lipinski definition) is 1. The van der Waals surface area contributed by atoms with E-state index in [4.69, 9.17) is 0 Å². The first-order valence-electron chi connectivity index (χ1n) is 5.82. The molecule has 1 unspecified atom stereocenters. The van der Waals surface area contributed by atoms with Gasteiger partial charge < -0.3 is 5.11 Å². The van der Waals surface area contributed by atoms with E-state index in [-0.39, 0.29) is 12.0 Å². The topological polar surface area (TPSA) is 20.2 Å². The van der Waals surface area contributed by atoms with Gasteiger partial charge in [-0.25, -0.2) is 13.2 Å². The lowest BCUT2D eigenvalue weighted by atomic mass is 9.88. The minimum Gasteiger partial charge on any atom is -0.385 e. The molecule has 0 amide bonds. The monoisotopic (exact) mass is 266 g/mol. The van der Waals surface area contributed by atoms with Crippen LogP contribution < -0.4 is 0 Å². The van der Waals surface area contributed by atoms with Gasteiger partial charge in [-0.15, -0.1) is 0 Å². The van der Waals surface area contributed by atoms with Gasteiger partial charge in [0.2, 0.25) is 0 Å². The molecule has 0 spiro atoms. The third kappa shape index (κ3) is 2.79. The van der Waals surface area contributed by atoms with Gasteiger partial charge in [-0.1, -0.05) is 24.3 Å². The molecule has 0 saturated heterocycles. The predicted molar refractivity (Wildman–Crippen MR) is 66.0 cm³/mol. The summed E-state index contributed by atoms with van der Waals surface area (Å²) in [4.78, 5) is 0. The van der Waals surface area contributed by atoms with Crippen LogP contribution in [-0.2, 0) is 12.0 Å². The summed E-state index contributed by atoms with van der Waals surface area (Å²) in [7, 11) is 0. The van der Waals surface area contributed by atoms with Crippen LogP contribution in [0.1, 0.15) is 18.1 Å². The molecule has 0 aliphatic heterocycles. The fraction of sp³-hybridized carbons (Fsp3) is 0.200. The zero-order chi connectivity index (χ0) is 14.0. The van der Waals surface area contributed by atoms with Gasteiger partial charge in [0, 0.05) is 6.42 Å². The molecule has 2 rings (SSSR count). The Labute approximate surface area is 109 Å². The number of benzene rings is 2. The van der Waals surface area contributed by atoms with E-state index in [1.165, 1.54) is 31.2 Å². The molecule has 0 heterocycles. The summed E-state index contributed by atoms with van der Waals surface area (Å²) < 4.78 is 40.8. The van der Waals surface area contributed by atoms with E-state index in [1.54, 1.807) is 6.07 Å². The zero-order valence-electron chi connectivity index (χ0n) is 10.3. The maximum Gasteiger partial charge on any atom is 0.132 e. The van der Waals surface area contributed by atoms with Crippen molar-refractivity contribution in [2.75, 3.05) is 0 Å². The van der Waals surface area contributed by atoms with E-state index < -0.39 is 28.6 Å². The Morgan fingerprint density at radius 2 is 1.42 bits per heavy atom. The fourth-order valence-electron chi connectivity index (χ4n) is 2.11. The van der Waals surface area contributed by atoms with Gasteiger partial charge in [-0.3, -0.25) is 0 Å². The molecule has 0 aliphatic rings. The highest BCUT2D eigenvalue weighted by Crippen LogP contribution is 2.30. The fourth-order valence-corrected chi connectivity index (χ4v) is 2.11. The van der Waals surface area contributed by atoms with Crippen LogP contribution in [0.15, 0.2) is 42.5 Å². The normalized spacial score (nSPS) is 14.2. The molecule has 0 fully saturated rings. The maximum absolute atomic E-state index is 13.7. The van der Waals surface area contributed by atoms with Gasteiger partial charge in [0.05, 0.1) is 11.2 Å². The molecule has 0 aromatic heterocycles. The SMILES string of the molecule is CC(O)(Cc1ccccc1F)c1c(F)cccc1F. The quantitative estimate of drug-likeness (QED) is 0.900. The van der Waals surface area contributed by atoms with E-state index in [0.717, 1.165) is 12.1 Å². The zero-order valence-corrected chi connectivity index (χ0v) is 10.3. The Hall–Kier alpha value is -1.81. The van der Waals surface area contributed by atoms with Crippen molar-refractivity contribution >= 4 is 0 Å². The minimum atomic E-state index is -1.82. The molecule has 0 bridgehead atoms. The van der Waals surface area contributed by atoms with Crippen LogP contribution in [0.25, 0.3) is 0 Å². The highest BCUT2D eigenvalue weighted by molar-refractivity contribution is 5.29. The van der Waals surface area contributed by atoms with Gasteiger partial charge in [-0.05, 0) is 30.7 Å². The number of aliphatic hydroxyl groups is 1. The lowest BCUT2D eigenvalue weighted by molar-refractivity contribution is 0.0488. The number of hydrogen-bond acceptors (Lipinski definition) is 1. The Morgan fingerprint density at radius 1 is 0.895 bits per heavy atom. The molecule has 1 atom stereocenters. The summed E-state index contributed by atoms with van der Waals surface area (Å²) in [6.07, 6.45) is -0.211. The summed E-state index contributed by atoms with van der Waals surface area (Å²) in [5, 5.41) is 10.3. The van der Waals surface area contributed by atoms with Crippen LogP contribution in [-0.4, -0.2) is 5.11 Å². The van der Waals surface area contributed by atoms with E-state index in [2.05, 4.69) is 0 Å². The Morgan fingerprint density at radius 3 is 2.00 bits per heavy atom. The molecular weight excluding hydrogens is 253 g/mol. The lowest BCUT2D eigenvalue weighted by Gasteiger charge is -2.25. The van der Waals surface area contributed by atoms with E-state index in [0.29, 0.717) is 0 Å². The van der Waals surface area contributed by atoms with Crippen molar-refractivity contribution in [2.24, 2.45) is 0 Å². The van der Waals surface area contributed by atoms with E-state index in [1.807, 2.05) is 0 Å². The van der Waals surface area contributed by atoms with Crippen LogP contribution in [0.5, 0.6) is 0 Å². The second-order valence-electron chi connectivity index (χ2n) is 4.64. The van der Waals surface area contributed by atoms with Crippen molar-refractivity contribution in [1.29, 1.82) is 0 Å². The van der Waals surface area contributed by atoms with Gasteiger partial charge in [0.25, 0.3) is 0 Å². The number of rotatable bonds is 3. The first-order valence-corrected chi connectivity index (χ1v) is 5.82. The standard InChI is InChI=1S/C15H13F3O/c1-15(19,9-10-5-2-3-6-11(10)16)14-12(17)7-4-8-13(14)18/h2-8,19H,9H2,1H3. The van der Waals surface area contributed by atoms with Crippen molar-refractivity contribution in [3.63, 3.8) is 0 Å². The molecule has 2 aromatic rings.